The summed E-state index contributed by atoms with van der Waals surface area (Å²) in [6.45, 7) is 3.65. The Labute approximate surface area is 489 Å². The fraction of sp³-hybridized carbons (Fsp3) is 0.648. The van der Waals surface area contributed by atoms with Crippen LogP contribution < -0.4 is 5.32 Å². The molecular weight excluding hydrogens is 995 g/mol. The van der Waals surface area contributed by atoms with Crippen molar-refractivity contribution in [2.45, 2.75) is 281 Å². The van der Waals surface area contributed by atoms with Crippen LogP contribution in [0, 0.1) is 0 Å². The molecule has 0 radical (unpaired) electrons. The molecule has 7 unspecified atom stereocenters. The predicted molar refractivity (Wildman–Crippen MR) is 340 cm³/mol. The van der Waals surface area contributed by atoms with Crippen molar-refractivity contribution < 1.29 is 39.8 Å². The largest absolute Gasteiger partial charge is 0.394 e. The van der Waals surface area contributed by atoms with Crippen LogP contribution in [0.3, 0.4) is 0 Å². The second kappa shape index (κ2) is 58.3. The molecule has 9 heteroatoms. The number of hydrogen-bond donors (Lipinski definition) is 6. The molecule has 9 nitrogen and oxygen atoms in total. The first-order chi connectivity index (χ1) is 39.3. The summed E-state index contributed by atoms with van der Waals surface area (Å²) in [4.78, 5) is 13.1. The molecule has 1 fully saturated rings. The third kappa shape index (κ3) is 46.7. The summed E-state index contributed by atoms with van der Waals surface area (Å²) in [5.74, 6) is -0.201. The van der Waals surface area contributed by atoms with E-state index in [4.69, 9.17) is 9.47 Å². The highest BCUT2D eigenvalue weighted by molar-refractivity contribution is 5.76. The van der Waals surface area contributed by atoms with Gasteiger partial charge in [-0.25, -0.2) is 0 Å². The van der Waals surface area contributed by atoms with E-state index in [1.54, 1.807) is 6.08 Å². The highest BCUT2D eigenvalue weighted by Gasteiger charge is 2.44. The van der Waals surface area contributed by atoms with Gasteiger partial charge in [-0.3, -0.25) is 4.79 Å². The molecule has 0 aliphatic carbocycles. The zero-order valence-electron chi connectivity index (χ0n) is 50.5. The molecule has 0 aromatic rings. The maximum atomic E-state index is 13.1. The van der Waals surface area contributed by atoms with E-state index in [0.29, 0.717) is 6.42 Å². The van der Waals surface area contributed by atoms with Gasteiger partial charge < -0.3 is 40.3 Å². The zero-order valence-corrected chi connectivity index (χ0v) is 50.5. The minimum absolute atomic E-state index is 0.201. The molecule has 454 valence electrons. The zero-order chi connectivity index (χ0) is 57.9. The molecule has 7 atom stereocenters. The average molecular weight is 1110 g/mol. The minimum atomic E-state index is -1.58. The van der Waals surface area contributed by atoms with Crippen LogP contribution in [-0.2, 0) is 14.3 Å². The summed E-state index contributed by atoms with van der Waals surface area (Å²) in [6, 6.07) is -0.827. The Morgan fingerprint density at radius 3 is 1.15 bits per heavy atom. The first kappa shape index (κ1) is 74.1. The molecule has 80 heavy (non-hydrogen) atoms. The van der Waals surface area contributed by atoms with Crippen LogP contribution in [0.25, 0.3) is 0 Å². The Hall–Kier alpha value is -3.93. The van der Waals surface area contributed by atoms with Crippen LogP contribution in [-0.4, -0.2) is 87.5 Å². The molecule has 0 saturated carbocycles. The molecule has 1 heterocycles. The van der Waals surface area contributed by atoms with E-state index in [9.17, 15) is 30.3 Å². The third-order valence-corrected chi connectivity index (χ3v) is 14.2. The van der Waals surface area contributed by atoms with Crippen molar-refractivity contribution in [3.8, 4) is 0 Å². The number of hydrogen-bond acceptors (Lipinski definition) is 8. The van der Waals surface area contributed by atoms with E-state index in [1.165, 1.54) is 89.9 Å². The van der Waals surface area contributed by atoms with Gasteiger partial charge in [0.25, 0.3) is 0 Å². The molecule has 1 rings (SSSR count). The van der Waals surface area contributed by atoms with E-state index in [0.717, 1.165) is 128 Å². The lowest BCUT2D eigenvalue weighted by Crippen LogP contribution is -2.60. The fourth-order valence-electron chi connectivity index (χ4n) is 9.16. The van der Waals surface area contributed by atoms with Gasteiger partial charge in [-0.2, -0.15) is 0 Å². The van der Waals surface area contributed by atoms with Gasteiger partial charge in [0.15, 0.2) is 6.29 Å². The van der Waals surface area contributed by atoms with E-state index < -0.39 is 49.5 Å². The van der Waals surface area contributed by atoms with Crippen molar-refractivity contribution in [2.24, 2.45) is 0 Å². The molecule has 0 aromatic heterocycles. The van der Waals surface area contributed by atoms with E-state index in [2.05, 4.69) is 153 Å². The number of carbonyl (C=O) groups excluding carboxylic acids is 1. The summed E-state index contributed by atoms with van der Waals surface area (Å²) >= 11 is 0. The predicted octanol–water partition coefficient (Wildman–Crippen LogP) is 17.0. The summed E-state index contributed by atoms with van der Waals surface area (Å²) in [6.07, 6.45) is 83.4. The molecular formula is C71H117NO8. The van der Waals surface area contributed by atoms with Gasteiger partial charge in [-0.1, -0.05) is 275 Å². The molecule has 0 spiro atoms. The van der Waals surface area contributed by atoms with Crippen molar-refractivity contribution in [1.29, 1.82) is 0 Å². The number of aliphatic hydroxyl groups excluding tert-OH is 5. The van der Waals surface area contributed by atoms with Crippen LogP contribution in [0.4, 0.5) is 0 Å². The van der Waals surface area contributed by atoms with Crippen LogP contribution >= 0.6 is 0 Å². The summed E-state index contributed by atoms with van der Waals surface area (Å²) < 4.78 is 11.3. The van der Waals surface area contributed by atoms with Gasteiger partial charge in [0.1, 0.15) is 24.4 Å². The van der Waals surface area contributed by atoms with E-state index in [-0.39, 0.29) is 12.5 Å². The van der Waals surface area contributed by atoms with Crippen LogP contribution in [0.1, 0.15) is 239 Å². The van der Waals surface area contributed by atoms with Crippen molar-refractivity contribution in [1.82, 2.24) is 5.32 Å². The number of rotatable bonds is 53. The number of amides is 1. The number of nitrogens with one attached hydrogen (secondary N) is 1. The van der Waals surface area contributed by atoms with Gasteiger partial charge in [-0.05, 0) is 103 Å². The highest BCUT2D eigenvalue weighted by atomic mass is 16.7. The average Bonchev–Trinajstić information content (AvgIpc) is 3.46. The third-order valence-electron chi connectivity index (χ3n) is 14.2. The Balaban J connectivity index is 2.21. The van der Waals surface area contributed by atoms with Crippen LogP contribution in [0.15, 0.2) is 146 Å². The Bertz CT molecular complexity index is 1770. The van der Waals surface area contributed by atoms with Gasteiger partial charge in [0, 0.05) is 6.42 Å². The SMILES string of the molecule is CC/C=C\C/C=C\C/C=C\C/C=C\C/C=C\C/C=C\C/C=C\C/C=C\C/C=C\C/C=C\C/C=C\CCCCCCCC(=O)NC(COC1OC(CO)C(O)C(O)C1O)C(O)/C=C/CCCCCCCCCCCCCCCCCC. The number of ether oxygens (including phenoxy) is 2. The van der Waals surface area contributed by atoms with Gasteiger partial charge in [0.05, 0.1) is 25.4 Å². The Morgan fingerprint density at radius 2 is 0.775 bits per heavy atom. The van der Waals surface area contributed by atoms with Gasteiger partial charge in [-0.15, -0.1) is 0 Å². The van der Waals surface area contributed by atoms with Crippen molar-refractivity contribution in [3.63, 3.8) is 0 Å². The summed E-state index contributed by atoms with van der Waals surface area (Å²) in [7, 11) is 0. The molecule has 1 aliphatic heterocycles. The minimum Gasteiger partial charge on any atom is -0.394 e. The second-order valence-electron chi connectivity index (χ2n) is 21.5. The molecule has 0 aromatic carbocycles. The van der Waals surface area contributed by atoms with Gasteiger partial charge >= 0.3 is 0 Å². The molecule has 1 saturated heterocycles. The monoisotopic (exact) mass is 1110 g/mol. The van der Waals surface area contributed by atoms with Gasteiger partial charge in [0.2, 0.25) is 5.91 Å². The lowest BCUT2D eigenvalue weighted by Gasteiger charge is -2.40. The smallest absolute Gasteiger partial charge is 0.220 e. The quantitative estimate of drug-likeness (QED) is 0.0261. The van der Waals surface area contributed by atoms with E-state index >= 15 is 0 Å². The van der Waals surface area contributed by atoms with E-state index in [1.807, 2.05) is 6.08 Å². The number of allylic oxidation sites excluding steroid dienone is 23. The molecule has 6 N–H and O–H groups in total. The normalized spacial score (nSPS) is 19.5. The highest BCUT2D eigenvalue weighted by Crippen LogP contribution is 2.23. The number of carbonyl (C=O) groups is 1. The lowest BCUT2D eigenvalue weighted by molar-refractivity contribution is -0.302. The van der Waals surface area contributed by atoms with Crippen molar-refractivity contribution >= 4 is 5.91 Å². The first-order valence-electron chi connectivity index (χ1n) is 32.1. The van der Waals surface area contributed by atoms with Crippen molar-refractivity contribution in [2.75, 3.05) is 13.2 Å². The topological polar surface area (TPSA) is 149 Å². The molecule has 1 aliphatic rings. The first-order valence-corrected chi connectivity index (χ1v) is 32.1. The fourth-order valence-corrected chi connectivity index (χ4v) is 9.16. The molecule has 1 amide bonds. The maximum Gasteiger partial charge on any atom is 0.220 e. The summed E-state index contributed by atoms with van der Waals surface area (Å²) in [5.41, 5.74) is 0. The maximum absolute atomic E-state index is 13.1. The number of unbranched alkanes of at least 4 members (excludes halogenated alkanes) is 21. The second-order valence-corrected chi connectivity index (χ2v) is 21.5. The Morgan fingerprint density at radius 1 is 0.438 bits per heavy atom. The number of aliphatic hydroxyl groups is 5. The Kier molecular flexibility index (Phi) is 54.0. The standard InChI is InChI=1S/C71H117NO8/c1-3-5-7-9-11-13-15-17-19-21-23-24-25-26-27-28-29-30-31-32-33-34-35-36-37-38-39-40-41-42-43-45-47-49-51-53-55-57-59-61-67(75)72-64(63-79-71-70(78)69(77)68(76)66(62-73)80-71)65(74)60-58-56-54-52-50-48-46-44-22-20-18-16-14-12-10-8-6-4-2/h5,7,11,13,17,19,23-24,26-27,29-30,32-33,35-36,38-39,41-42,45,47,58,60,64-66,68-71,73-74,76-78H,3-4,6,8-10,12,14-16,18,20-22,25,28,31,34,37,40,43-44,46,48-57,59,61-63H2,1-2H3,(H,72,75)/b7-5-,13-11-,19-17-,24-23-,27-26-,30-29-,33-32-,36-35-,39-38-,42-41-,47-45-,60-58+. The lowest BCUT2D eigenvalue weighted by atomic mass is 9.99. The van der Waals surface area contributed by atoms with Crippen LogP contribution in [0.2, 0.25) is 0 Å². The molecule has 0 bridgehead atoms. The summed E-state index contributed by atoms with van der Waals surface area (Å²) in [5, 5.41) is 54.6. The van der Waals surface area contributed by atoms with Crippen LogP contribution in [0.5, 0.6) is 0 Å². The van der Waals surface area contributed by atoms with Crippen molar-refractivity contribution in [3.05, 3.63) is 146 Å².